The number of benzene rings is 1. The molecule has 0 saturated carbocycles. The molecule has 0 aliphatic rings. The Labute approximate surface area is 141 Å². The molecule has 0 aliphatic heterocycles. The summed E-state index contributed by atoms with van der Waals surface area (Å²) >= 11 is 3.44. The number of amides is 1. The Morgan fingerprint density at radius 1 is 1.33 bits per heavy atom. The maximum absolute atomic E-state index is 10.8. The van der Waals surface area contributed by atoms with Crippen molar-refractivity contribution in [1.29, 1.82) is 0 Å². The topological polar surface area (TPSA) is 64.3 Å². The molecule has 0 spiro atoms. The molecule has 6 heteroatoms. The van der Waals surface area contributed by atoms with Gasteiger partial charge in [-0.1, -0.05) is 42.1 Å². The highest BCUT2D eigenvalue weighted by Gasteiger charge is 2.06. The van der Waals surface area contributed by atoms with E-state index in [4.69, 9.17) is 10.5 Å². The van der Waals surface area contributed by atoms with Crippen molar-refractivity contribution in [3.63, 3.8) is 0 Å². The molecule has 0 atom stereocenters. The molecule has 4 nitrogen and oxygen atoms in total. The highest BCUT2D eigenvalue weighted by atomic mass is 79.9. The smallest absolute Gasteiger partial charge is 0.255 e. The summed E-state index contributed by atoms with van der Waals surface area (Å²) in [5.74, 6) is 0.236. The first-order valence-electron chi connectivity index (χ1n) is 7.03. The van der Waals surface area contributed by atoms with Crippen LogP contribution in [0, 0.1) is 0 Å². The van der Waals surface area contributed by atoms with E-state index in [1.807, 2.05) is 18.2 Å². The van der Waals surface area contributed by atoms with E-state index in [0.717, 1.165) is 23.1 Å². The van der Waals surface area contributed by atoms with Crippen LogP contribution in [0.1, 0.15) is 38.2 Å². The first kappa shape index (κ1) is 20.2. The third-order valence-electron chi connectivity index (χ3n) is 2.92. The van der Waals surface area contributed by atoms with Crippen molar-refractivity contribution >= 4 is 34.2 Å². The van der Waals surface area contributed by atoms with E-state index >= 15 is 0 Å². The number of carbonyl (C=O) groups is 1. The molecule has 120 valence electrons. The Balaban J connectivity index is 0.00000400. The van der Waals surface area contributed by atoms with E-state index in [1.165, 1.54) is 25.7 Å². The van der Waals surface area contributed by atoms with Crippen LogP contribution < -0.4 is 15.8 Å². The van der Waals surface area contributed by atoms with Crippen LogP contribution in [0.3, 0.4) is 0 Å². The first-order chi connectivity index (χ1) is 9.63. The minimum Gasteiger partial charge on any atom is -0.483 e. The summed E-state index contributed by atoms with van der Waals surface area (Å²) in [5.41, 5.74) is 6.12. The lowest BCUT2D eigenvalue weighted by atomic mass is 10.2. The van der Waals surface area contributed by atoms with Crippen molar-refractivity contribution in [3.8, 4) is 5.75 Å². The lowest BCUT2D eigenvalue weighted by Gasteiger charge is -2.12. The van der Waals surface area contributed by atoms with Gasteiger partial charge in [-0.3, -0.25) is 4.79 Å². The molecule has 0 aromatic heterocycles. The van der Waals surface area contributed by atoms with Gasteiger partial charge < -0.3 is 15.8 Å². The third kappa shape index (κ3) is 8.96. The predicted octanol–water partition coefficient (Wildman–Crippen LogP) is 3.40. The van der Waals surface area contributed by atoms with Gasteiger partial charge in [0.05, 0.1) is 0 Å². The van der Waals surface area contributed by atoms with Gasteiger partial charge in [-0.2, -0.15) is 0 Å². The van der Waals surface area contributed by atoms with Gasteiger partial charge in [0.2, 0.25) is 0 Å². The largest absolute Gasteiger partial charge is 0.483 e. The highest BCUT2D eigenvalue weighted by Crippen LogP contribution is 2.23. The monoisotopic (exact) mass is 378 g/mol. The fourth-order valence-electron chi connectivity index (χ4n) is 1.88. The van der Waals surface area contributed by atoms with E-state index in [2.05, 4.69) is 28.2 Å². The zero-order valence-electron chi connectivity index (χ0n) is 12.4. The molecule has 21 heavy (non-hydrogen) atoms. The summed E-state index contributed by atoms with van der Waals surface area (Å²) in [7, 11) is 0. The van der Waals surface area contributed by atoms with Gasteiger partial charge >= 0.3 is 0 Å². The molecule has 0 unspecified atom stereocenters. The Morgan fingerprint density at radius 2 is 2.10 bits per heavy atom. The number of halogens is 2. The van der Waals surface area contributed by atoms with Gasteiger partial charge in [0.1, 0.15) is 5.75 Å². The van der Waals surface area contributed by atoms with E-state index in [0.29, 0.717) is 5.75 Å². The SMILES string of the molecule is CCCCCCNCc1cc(Br)ccc1OCC(N)=O.Cl. The van der Waals surface area contributed by atoms with E-state index in [9.17, 15) is 4.79 Å². The van der Waals surface area contributed by atoms with Crippen molar-refractivity contribution in [1.82, 2.24) is 5.32 Å². The van der Waals surface area contributed by atoms with E-state index in [1.54, 1.807) is 0 Å². The highest BCUT2D eigenvalue weighted by molar-refractivity contribution is 9.10. The Kier molecular flexibility index (Phi) is 11.4. The second kappa shape index (κ2) is 11.8. The van der Waals surface area contributed by atoms with Crippen molar-refractivity contribution in [2.45, 2.75) is 39.2 Å². The summed E-state index contributed by atoms with van der Waals surface area (Å²) in [4.78, 5) is 10.8. The van der Waals surface area contributed by atoms with Crippen LogP contribution >= 0.6 is 28.3 Å². The zero-order chi connectivity index (χ0) is 14.8. The van der Waals surface area contributed by atoms with E-state index < -0.39 is 5.91 Å². The minimum atomic E-state index is -0.466. The van der Waals surface area contributed by atoms with Crippen molar-refractivity contribution < 1.29 is 9.53 Å². The van der Waals surface area contributed by atoms with Gasteiger partial charge in [0.25, 0.3) is 5.91 Å². The number of carbonyl (C=O) groups excluding carboxylic acids is 1. The lowest BCUT2D eigenvalue weighted by Crippen LogP contribution is -2.21. The maximum Gasteiger partial charge on any atom is 0.255 e. The standard InChI is InChI=1S/C15H23BrN2O2.ClH/c1-2-3-4-5-8-18-10-12-9-13(16)6-7-14(12)20-11-15(17)19;/h6-7,9,18H,2-5,8,10-11H2,1H3,(H2,17,19);1H. The van der Waals surface area contributed by atoms with Gasteiger partial charge in [0.15, 0.2) is 6.61 Å². The quantitative estimate of drug-likeness (QED) is 0.612. The average molecular weight is 380 g/mol. The first-order valence-corrected chi connectivity index (χ1v) is 7.83. The summed E-state index contributed by atoms with van der Waals surface area (Å²) in [6.45, 7) is 3.82. The number of ether oxygens (including phenoxy) is 1. The lowest BCUT2D eigenvalue weighted by molar-refractivity contribution is -0.119. The van der Waals surface area contributed by atoms with Crippen LogP contribution in [0.15, 0.2) is 22.7 Å². The maximum atomic E-state index is 10.8. The molecule has 1 aromatic carbocycles. The predicted molar refractivity (Wildman–Crippen MR) is 91.9 cm³/mol. The summed E-state index contributed by atoms with van der Waals surface area (Å²) in [6, 6.07) is 5.73. The molecule has 0 fully saturated rings. The van der Waals surface area contributed by atoms with Crippen LogP contribution in [0.4, 0.5) is 0 Å². The van der Waals surface area contributed by atoms with Crippen molar-refractivity contribution in [3.05, 3.63) is 28.2 Å². The molecule has 1 aromatic rings. The van der Waals surface area contributed by atoms with Gasteiger partial charge in [0, 0.05) is 16.6 Å². The molecule has 0 radical (unpaired) electrons. The molecule has 0 heterocycles. The van der Waals surface area contributed by atoms with Crippen molar-refractivity contribution in [2.24, 2.45) is 5.73 Å². The molecule has 1 amide bonds. The Morgan fingerprint density at radius 3 is 2.76 bits per heavy atom. The third-order valence-corrected chi connectivity index (χ3v) is 3.41. The molecule has 0 saturated heterocycles. The number of hydrogen-bond donors (Lipinski definition) is 2. The molecule has 0 bridgehead atoms. The number of nitrogens with two attached hydrogens (primary N) is 1. The Bertz CT molecular complexity index is 430. The second-order valence-electron chi connectivity index (χ2n) is 4.74. The molecule has 3 N–H and O–H groups in total. The van der Waals surface area contributed by atoms with Gasteiger partial charge in [-0.25, -0.2) is 0 Å². The number of nitrogens with one attached hydrogen (secondary N) is 1. The van der Waals surface area contributed by atoms with Gasteiger partial charge in [-0.05, 0) is 31.2 Å². The van der Waals surface area contributed by atoms with Gasteiger partial charge in [-0.15, -0.1) is 12.4 Å². The van der Waals surface area contributed by atoms with Crippen LogP contribution in [-0.4, -0.2) is 19.1 Å². The van der Waals surface area contributed by atoms with Crippen LogP contribution in [0.2, 0.25) is 0 Å². The van der Waals surface area contributed by atoms with Crippen LogP contribution in [0.25, 0.3) is 0 Å². The fourth-order valence-corrected chi connectivity index (χ4v) is 2.28. The number of unbranched alkanes of at least 4 members (excludes halogenated alkanes) is 3. The van der Waals surface area contributed by atoms with Crippen LogP contribution in [-0.2, 0) is 11.3 Å². The zero-order valence-corrected chi connectivity index (χ0v) is 14.8. The molecular weight excluding hydrogens is 356 g/mol. The van der Waals surface area contributed by atoms with E-state index in [-0.39, 0.29) is 19.0 Å². The minimum absolute atomic E-state index is 0. The summed E-state index contributed by atoms with van der Waals surface area (Å²) < 4.78 is 6.41. The fraction of sp³-hybridized carbons (Fsp3) is 0.533. The second-order valence-corrected chi connectivity index (χ2v) is 5.66. The summed E-state index contributed by atoms with van der Waals surface area (Å²) in [5, 5.41) is 3.40. The normalized spacial score (nSPS) is 10.0. The molecule has 0 aliphatic carbocycles. The molecular formula is C15H24BrClN2O2. The number of rotatable bonds is 10. The summed E-state index contributed by atoms with van der Waals surface area (Å²) in [6.07, 6.45) is 4.97. The number of hydrogen-bond acceptors (Lipinski definition) is 3. The number of primary amides is 1. The van der Waals surface area contributed by atoms with Crippen LogP contribution in [0.5, 0.6) is 5.75 Å². The van der Waals surface area contributed by atoms with Crippen molar-refractivity contribution in [2.75, 3.05) is 13.2 Å². The average Bonchev–Trinajstić information content (AvgIpc) is 2.41. The molecule has 1 rings (SSSR count). The Hall–Kier alpha value is -0.780.